The summed E-state index contributed by atoms with van der Waals surface area (Å²) in [4.78, 5) is 24.7. The second-order valence-electron chi connectivity index (χ2n) is 6.80. The molecule has 0 saturated carbocycles. The van der Waals surface area contributed by atoms with Crippen LogP contribution in [0.4, 0.5) is 4.39 Å². The molecule has 0 radical (unpaired) electrons. The zero-order valence-corrected chi connectivity index (χ0v) is 17.0. The number of nitrogens with zero attached hydrogens (tertiary/aromatic N) is 2. The molecule has 0 spiro atoms. The number of ether oxygens (including phenoxy) is 1. The van der Waals surface area contributed by atoms with E-state index >= 15 is 0 Å². The van der Waals surface area contributed by atoms with Gasteiger partial charge < -0.3 is 10.1 Å². The Labute approximate surface area is 174 Å². The third-order valence-electron chi connectivity index (χ3n) is 4.67. The number of rotatable bonds is 8. The van der Waals surface area contributed by atoms with Gasteiger partial charge in [-0.1, -0.05) is 38.1 Å². The van der Waals surface area contributed by atoms with E-state index in [1.807, 2.05) is 31.2 Å². The molecule has 0 unspecified atom stereocenters. The Bertz CT molecular complexity index is 1050. The zero-order valence-electron chi connectivity index (χ0n) is 17.0. The number of amides is 1. The summed E-state index contributed by atoms with van der Waals surface area (Å²) in [5.74, 6) is -0.544. The Kier molecular flexibility index (Phi) is 6.95. The van der Waals surface area contributed by atoms with Crippen LogP contribution in [0.15, 0.2) is 65.5 Å². The Morgan fingerprint density at radius 1 is 1.03 bits per heavy atom. The molecule has 1 N–H and O–H groups in total. The maximum Gasteiger partial charge on any atom is 0.271 e. The van der Waals surface area contributed by atoms with E-state index in [0.29, 0.717) is 18.7 Å². The lowest BCUT2D eigenvalue weighted by Gasteiger charge is -2.17. The highest BCUT2D eigenvalue weighted by molar-refractivity contribution is 5.81. The van der Waals surface area contributed by atoms with Gasteiger partial charge in [-0.25, -0.2) is 4.39 Å². The van der Waals surface area contributed by atoms with Crippen LogP contribution in [0.3, 0.4) is 0 Å². The molecule has 7 heteroatoms. The van der Waals surface area contributed by atoms with E-state index in [1.165, 1.54) is 42.0 Å². The van der Waals surface area contributed by atoms with Crippen molar-refractivity contribution in [3.8, 4) is 11.6 Å². The van der Waals surface area contributed by atoms with E-state index in [2.05, 4.69) is 17.3 Å². The molecule has 0 aliphatic carbocycles. The highest BCUT2D eigenvalue weighted by Gasteiger charge is 2.19. The molecular weight excluding hydrogens is 385 g/mol. The minimum Gasteiger partial charge on any atom is -0.463 e. The van der Waals surface area contributed by atoms with E-state index in [0.717, 1.165) is 16.7 Å². The number of halogens is 1. The first-order chi connectivity index (χ1) is 14.5. The van der Waals surface area contributed by atoms with E-state index < -0.39 is 11.9 Å². The molecule has 0 aliphatic rings. The number of hydrogen-bond donors (Lipinski definition) is 1. The van der Waals surface area contributed by atoms with E-state index in [9.17, 15) is 14.0 Å². The van der Waals surface area contributed by atoms with Crippen molar-refractivity contribution in [1.82, 2.24) is 15.1 Å². The van der Waals surface area contributed by atoms with Crippen LogP contribution in [0.25, 0.3) is 5.69 Å². The van der Waals surface area contributed by atoms with E-state index in [-0.39, 0.29) is 17.3 Å². The largest absolute Gasteiger partial charge is 0.463 e. The van der Waals surface area contributed by atoms with E-state index in [1.54, 1.807) is 0 Å². The summed E-state index contributed by atoms with van der Waals surface area (Å²) in [5, 5.41) is 7.03. The van der Waals surface area contributed by atoms with Gasteiger partial charge in [0.2, 0.25) is 5.88 Å². The SMILES string of the molecule is CCc1ccc(CNC(=O)[C@H](CC)Oc2ccc(=O)n(-c3ccc(F)cc3)n2)cc1. The number of aromatic nitrogens is 2. The molecule has 0 saturated heterocycles. The molecule has 1 aromatic heterocycles. The van der Waals surface area contributed by atoms with Crippen LogP contribution in [0, 0.1) is 5.82 Å². The normalized spacial score (nSPS) is 11.7. The van der Waals surface area contributed by atoms with Gasteiger partial charge in [0.15, 0.2) is 6.10 Å². The number of aryl methyl sites for hydroxylation is 1. The molecule has 1 amide bonds. The average molecular weight is 409 g/mol. The topological polar surface area (TPSA) is 73.2 Å². The molecule has 0 aliphatic heterocycles. The summed E-state index contributed by atoms with van der Waals surface area (Å²) in [5.41, 5.74) is 2.25. The maximum absolute atomic E-state index is 13.1. The van der Waals surface area contributed by atoms with Gasteiger partial charge in [0.05, 0.1) is 5.69 Å². The highest BCUT2D eigenvalue weighted by atomic mass is 19.1. The number of benzene rings is 2. The van der Waals surface area contributed by atoms with E-state index in [4.69, 9.17) is 4.74 Å². The van der Waals surface area contributed by atoms with Crippen molar-refractivity contribution in [2.45, 2.75) is 39.3 Å². The lowest BCUT2D eigenvalue weighted by molar-refractivity contribution is -0.128. The molecular formula is C23H24FN3O3. The first-order valence-corrected chi connectivity index (χ1v) is 9.88. The third-order valence-corrected chi connectivity index (χ3v) is 4.67. The van der Waals surface area contributed by atoms with Gasteiger partial charge in [-0.2, -0.15) is 4.68 Å². The summed E-state index contributed by atoms with van der Waals surface area (Å²) in [6.07, 6.45) is 0.634. The van der Waals surface area contributed by atoms with Crippen LogP contribution in [-0.4, -0.2) is 21.8 Å². The van der Waals surface area contributed by atoms with Gasteiger partial charge in [-0.15, -0.1) is 5.10 Å². The van der Waals surface area contributed by atoms with Gasteiger partial charge in [-0.3, -0.25) is 9.59 Å². The molecule has 1 atom stereocenters. The summed E-state index contributed by atoms with van der Waals surface area (Å²) < 4.78 is 20.0. The molecule has 1 heterocycles. The fourth-order valence-corrected chi connectivity index (χ4v) is 2.89. The van der Waals surface area contributed by atoms with Gasteiger partial charge in [0.1, 0.15) is 5.82 Å². The van der Waals surface area contributed by atoms with Crippen LogP contribution in [-0.2, 0) is 17.8 Å². The molecule has 3 rings (SSSR count). The van der Waals surface area contributed by atoms with Gasteiger partial charge in [0.25, 0.3) is 11.5 Å². The summed E-state index contributed by atoms with van der Waals surface area (Å²) in [6, 6.07) is 16.1. The Hall–Kier alpha value is -3.48. The number of hydrogen-bond acceptors (Lipinski definition) is 4. The summed E-state index contributed by atoms with van der Waals surface area (Å²) >= 11 is 0. The fraction of sp³-hybridized carbons (Fsp3) is 0.261. The highest BCUT2D eigenvalue weighted by Crippen LogP contribution is 2.12. The fourth-order valence-electron chi connectivity index (χ4n) is 2.89. The van der Waals surface area contributed by atoms with Crippen LogP contribution in [0.5, 0.6) is 5.88 Å². The lowest BCUT2D eigenvalue weighted by Crippen LogP contribution is -2.38. The van der Waals surface area contributed by atoms with Crippen LogP contribution in [0.1, 0.15) is 31.4 Å². The van der Waals surface area contributed by atoms with Gasteiger partial charge >= 0.3 is 0 Å². The Morgan fingerprint density at radius 2 is 1.70 bits per heavy atom. The first kappa shape index (κ1) is 21.2. The molecule has 0 fully saturated rings. The Balaban J connectivity index is 1.68. The second kappa shape index (κ2) is 9.82. The van der Waals surface area contributed by atoms with Crippen LogP contribution in [0.2, 0.25) is 0 Å². The van der Waals surface area contributed by atoms with Crippen molar-refractivity contribution in [3.63, 3.8) is 0 Å². The van der Waals surface area contributed by atoms with Gasteiger partial charge in [0, 0.05) is 18.7 Å². The standard InChI is InChI=1S/C23H24FN3O3/c1-3-16-5-7-17(8-6-16)15-25-23(29)20(4-2)30-21-13-14-22(28)27(26-21)19-11-9-18(24)10-12-19/h5-14,20H,3-4,15H2,1-2H3,(H,25,29)/t20-/m0/s1. The number of nitrogens with one attached hydrogen (secondary N) is 1. The van der Waals surface area contributed by atoms with Crippen LogP contribution >= 0.6 is 0 Å². The van der Waals surface area contributed by atoms with Crippen molar-refractivity contribution in [2.24, 2.45) is 0 Å². The van der Waals surface area contributed by atoms with Crippen molar-refractivity contribution in [3.05, 3.63) is 88.0 Å². The van der Waals surface area contributed by atoms with Gasteiger partial charge in [-0.05, 0) is 48.2 Å². The van der Waals surface area contributed by atoms with Crippen molar-refractivity contribution >= 4 is 5.91 Å². The monoisotopic (exact) mass is 409 g/mol. The molecule has 3 aromatic rings. The van der Waals surface area contributed by atoms with Crippen molar-refractivity contribution in [2.75, 3.05) is 0 Å². The number of carbonyl (C=O) groups is 1. The minimum atomic E-state index is -0.758. The number of carbonyl (C=O) groups excluding carboxylic acids is 1. The average Bonchev–Trinajstić information content (AvgIpc) is 2.78. The predicted molar refractivity (Wildman–Crippen MR) is 112 cm³/mol. The maximum atomic E-state index is 13.1. The van der Waals surface area contributed by atoms with Crippen molar-refractivity contribution in [1.29, 1.82) is 0 Å². The second-order valence-corrected chi connectivity index (χ2v) is 6.80. The minimum absolute atomic E-state index is 0.133. The van der Waals surface area contributed by atoms with Crippen LogP contribution < -0.4 is 15.6 Å². The molecule has 156 valence electrons. The smallest absolute Gasteiger partial charge is 0.271 e. The zero-order chi connectivity index (χ0) is 21.5. The third kappa shape index (κ3) is 5.31. The van der Waals surface area contributed by atoms with Crippen molar-refractivity contribution < 1.29 is 13.9 Å². The summed E-state index contributed by atoms with van der Waals surface area (Å²) in [7, 11) is 0. The quantitative estimate of drug-likeness (QED) is 0.619. The summed E-state index contributed by atoms with van der Waals surface area (Å²) in [6.45, 7) is 4.31. The molecule has 2 aromatic carbocycles. The lowest BCUT2D eigenvalue weighted by atomic mass is 10.1. The predicted octanol–water partition coefficient (Wildman–Crippen LogP) is 3.41. The Morgan fingerprint density at radius 3 is 2.33 bits per heavy atom. The molecule has 30 heavy (non-hydrogen) atoms. The molecule has 0 bridgehead atoms. The molecule has 6 nitrogen and oxygen atoms in total. The first-order valence-electron chi connectivity index (χ1n) is 9.88.